The summed E-state index contributed by atoms with van der Waals surface area (Å²) < 4.78 is 107. The Morgan fingerprint density at radius 1 is 0.455 bits per heavy atom. The van der Waals surface area contributed by atoms with Gasteiger partial charge in [0.05, 0.1) is 7.14 Å². The van der Waals surface area contributed by atoms with Crippen LogP contribution in [0.4, 0.5) is 57.9 Å². The van der Waals surface area contributed by atoms with Crippen LogP contribution in [0.1, 0.15) is 11.1 Å². The van der Waals surface area contributed by atoms with E-state index in [0.29, 0.717) is 11.1 Å². The average molecular weight is 844 g/mol. The lowest BCUT2D eigenvalue weighted by atomic mass is 10.2. The number of nitrogens with zero attached hydrogens (tertiary/aromatic N) is 4. The van der Waals surface area contributed by atoms with Gasteiger partial charge in [-0.3, -0.25) is 0 Å². The van der Waals surface area contributed by atoms with Crippen molar-refractivity contribution in [1.29, 1.82) is 0 Å². The molecule has 14 heteroatoms. The molecule has 44 heavy (non-hydrogen) atoms. The van der Waals surface area contributed by atoms with Crippen LogP contribution in [0.15, 0.2) is 58.5 Å². The van der Waals surface area contributed by atoms with E-state index in [1.807, 2.05) is 38.0 Å². The zero-order valence-corrected chi connectivity index (χ0v) is 27.7. The lowest BCUT2D eigenvalue weighted by molar-refractivity contribution is 0.449. The van der Waals surface area contributed by atoms with Crippen molar-refractivity contribution in [2.45, 2.75) is 0 Å². The minimum absolute atomic E-state index is 0.545. The molecule has 0 fully saturated rings. The summed E-state index contributed by atoms with van der Waals surface area (Å²) in [5, 5.41) is 0. The molecular weight excluding hydrogens is 822 g/mol. The Hall–Kier alpha value is -3.28. The minimum atomic E-state index is -1.51. The summed E-state index contributed by atoms with van der Waals surface area (Å²) in [6.45, 7) is 0. The molecule has 0 spiro atoms. The first-order valence-corrected chi connectivity index (χ1v) is 14.5. The maximum Gasteiger partial charge on any atom is 0.188 e. The van der Waals surface area contributed by atoms with Gasteiger partial charge in [0.1, 0.15) is 11.4 Å². The predicted octanol–water partition coefficient (Wildman–Crippen LogP) is 9.33. The number of benzene rings is 4. The van der Waals surface area contributed by atoms with Crippen LogP contribution in [0.25, 0.3) is 0 Å². The fraction of sp³-hybridized carbons (Fsp3) is 0.133. The topological polar surface area (TPSA) is 31.2 Å². The van der Waals surface area contributed by atoms with Crippen LogP contribution in [0, 0.1) is 53.7 Å². The maximum atomic E-state index is 13.7. The van der Waals surface area contributed by atoms with Gasteiger partial charge in [-0.1, -0.05) is 24.3 Å². The molecule has 0 bridgehead atoms. The van der Waals surface area contributed by atoms with Gasteiger partial charge < -0.3 is 9.80 Å². The molecule has 0 aromatic heterocycles. The SMILES string of the molecule is CN(C)c1ccc(C=Nc2c(F)c(F)c(I)c(F)c2F)cc1.CN(C)c1ccc(C=Nc2c(F)c(F)c(I)c(F)c2F)cc1. The van der Waals surface area contributed by atoms with Crippen LogP contribution < -0.4 is 9.80 Å². The molecule has 232 valence electrons. The van der Waals surface area contributed by atoms with E-state index < -0.39 is 65.1 Å². The van der Waals surface area contributed by atoms with Gasteiger partial charge in [-0.25, -0.2) is 45.1 Å². The van der Waals surface area contributed by atoms with Crippen LogP contribution in [0.3, 0.4) is 0 Å². The fourth-order valence-electron chi connectivity index (χ4n) is 3.41. The van der Waals surface area contributed by atoms with E-state index in [4.69, 9.17) is 0 Å². The predicted molar refractivity (Wildman–Crippen MR) is 174 cm³/mol. The van der Waals surface area contributed by atoms with Crippen molar-refractivity contribution in [2.24, 2.45) is 9.98 Å². The number of rotatable bonds is 6. The summed E-state index contributed by atoms with van der Waals surface area (Å²) in [6.07, 6.45) is 2.29. The molecule has 0 N–H and O–H groups in total. The van der Waals surface area contributed by atoms with E-state index in [-0.39, 0.29) is 0 Å². The summed E-state index contributed by atoms with van der Waals surface area (Å²) in [5.41, 5.74) is 0.994. The highest BCUT2D eigenvalue weighted by molar-refractivity contribution is 14.1. The van der Waals surface area contributed by atoms with E-state index in [1.54, 1.807) is 48.5 Å². The monoisotopic (exact) mass is 844 g/mol. The zero-order chi connectivity index (χ0) is 32.9. The molecule has 0 saturated carbocycles. The van der Waals surface area contributed by atoms with Crippen molar-refractivity contribution >= 4 is 80.4 Å². The molecule has 0 saturated heterocycles. The van der Waals surface area contributed by atoms with Crippen molar-refractivity contribution in [3.8, 4) is 0 Å². The Morgan fingerprint density at radius 2 is 0.705 bits per heavy atom. The van der Waals surface area contributed by atoms with E-state index in [9.17, 15) is 35.1 Å². The number of hydrogen-bond acceptors (Lipinski definition) is 4. The third-order valence-electron chi connectivity index (χ3n) is 5.88. The van der Waals surface area contributed by atoms with Crippen LogP contribution in [-0.4, -0.2) is 40.6 Å². The first-order valence-electron chi connectivity index (χ1n) is 12.3. The molecular formula is C30H22F8I2N4. The number of anilines is 2. The van der Waals surface area contributed by atoms with Crippen molar-refractivity contribution in [3.63, 3.8) is 0 Å². The minimum Gasteiger partial charge on any atom is -0.378 e. The van der Waals surface area contributed by atoms with Gasteiger partial charge >= 0.3 is 0 Å². The Morgan fingerprint density at radius 3 is 0.932 bits per heavy atom. The molecule has 4 nitrogen and oxygen atoms in total. The highest BCUT2D eigenvalue weighted by atomic mass is 127. The normalized spacial score (nSPS) is 11.2. The smallest absolute Gasteiger partial charge is 0.188 e. The standard InChI is InChI=1S/2C15H11F4IN2/c2*1-22(2)9-5-3-8(4-6-9)7-21-15-12(18)10(16)14(20)11(17)13(15)19/h2*3-7H,1-2H3. The first-order chi connectivity index (χ1) is 20.6. The number of hydrogen-bond donors (Lipinski definition) is 0. The number of aliphatic imine (C=N–C) groups is 2. The van der Waals surface area contributed by atoms with Crippen molar-refractivity contribution in [2.75, 3.05) is 38.0 Å². The van der Waals surface area contributed by atoms with Crippen molar-refractivity contribution in [1.82, 2.24) is 0 Å². The molecule has 0 atom stereocenters. The van der Waals surface area contributed by atoms with E-state index in [2.05, 4.69) is 9.98 Å². The summed E-state index contributed by atoms with van der Waals surface area (Å²) in [7, 11) is 7.46. The lowest BCUT2D eigenvalue weighted by Crippen LogP contribution is -2.08. The Labute approximate surface area is 275 Å². The maximum absolute atomic E-state index is 13.7. The number of halogens is 10. The summed E-state index contributed by atoms with van der Waals surface area (Å²) in [5.74, 6) is -11.8. The van der Waals surface area contributed by atoms with Gasteiger partial charge in [-0.15, -0.1) is 0 Å². The molecule has 4 aromatic rings. The van der Waals surface area contributed by atoms with Gasteiger partial charge in [0.25, 0.3) is 0 Å². The molecule has 0 amide bonds. The Kier molecular flexibility index (Phi) is 12.1. The highest BCUT2D eigenvalue weighted by Gasteiger charge is 2.24. The molecule has 4 aromatic carbocycles. The van der Waals surface area contributed by atoms with Crippen LogP contribution in [0.5, 0.6) is 0 Å². The fourth-order valence-corrected chi connectivity index (χ4v) is 4.36. The average Bonchev–Trinajstić information content (AvgIpc) is 3.01. The Bertz CT molecular complexity index is 1520. The summed E-state index contributed by atoms with van der Waals surface area (Å²) >= 11 is 2.40. The molecule has 0 radical (unpaired) electrons. The Balaban J connectivity index is 0.000000240. The summed E-state index contributed by atoms with van der Waals surface area (Å²) in [6, 6.07) is 13.8. The third kappa shape index (κ3) is 8.05. The van der Waals surface area contributed by atoms with Crippen LogP contribution >= 0.6 is 45.2 Å². The summed E-state index contributed by atoms with van der Waals surface area (Å²) in [4.78, 5) is 10.8. The van der Waals surface area contributed by atoms with E-state index in [1.165, 1.54) is 45.2 Å². The van der Waals surface area contributed by atoms with Crippen molar-refractivity contribution in [3.05, 3.63) is 113 Å². The van der Waals surface area contributed by atoms with Gasteiger partial charge in [0, 0.05) is 52.0 Å². The van der Waals surface area contributed by atoms with Gasteiger partial charge in [0.15, 0.2) is 46.5 Å². The highest BCUT2D eigenvalue weighted by Crippen LogP contribution is 2.32. The second kappa shape index (κ2) is 15.1. The zero-order valence-electron chi connectivity index (χ0n) is 23.3. The molecule has 0 heterocycles. The van der Waals surface area contributed by atoms with Crippen LogP contribution in [0.2, 0.25) is 0 Å². The lowest BCUT2D eigenvalue weighted by Gasteiger charge is -2.11. The van der Waals surface area contributed by atoms with Crippen LogP contribution in [-0.2, 0) is 0 Å². The molecule has 0 aliphatic rings. The molecule has 0 aliphatic heterocycles. The quantitative estimate of drug-likeness (QED) is 0.0638. The molecule has 4 rings (SSSR count). The second-order valence-electron chi connectivity index (χ2n) is 9.33. The largest absolute Gasteiger partial charge is 0.378 e. The molecule has 0 aliphatic carbocycles. The van der Waals surface area contributed by atoms with E-state index in [0.717, 1.165) is 23.8 Å². The first kappa shape index (κ1) is 35.2. The van der Waals surface area contributed by atoms with Gasteiger partial charge in [-0.2, -0.15) is 0 Å². The van der Waals surface area contributed by atoms with E-state index >= 15 is 0 Å². The second-order valence-corrected chi connectivity index (χ2v) is 11.5. The molecule has 0 unspecified atom stereocenters. The van der Waals surface area contributed by atoms with Crippen molar-refractivity contribution < 1.29 is 35.1 Å². The third-order valence-corrected chi connectivity index (χ3v) is 7.77. The van der Waals surface area contributed by atoms with Gasteiger partial charge in [0.2, 0.25) is 0 Å². The van der Waals surface area contributed by atoms with Gasteiger partial charge in [-0.05, 0) is 80.6 Å².